The molecule has 136 valence electrons. The molecule has 0 aromatic heterocycles. The molecule has 6 heteroatoms. The fourth-order valence-electron chi connectivity index (χ4n) is 2.75. The molecule has 0 radical (unpaired) electrons. The molecular formula is C19H25NO2S3. The van der Waals surface area contributed by atoms with Crippen LogP contribution in [-0.2, 0) is 16.6 Å². The Labute approximate surface area is 162 Å². The first kappa shape index (κ1) is 20.4. The van der Waals surface area contributed by atoms with E-state index >= 15 is 0 Å². The molecule has 0 bridgehead atoms. The van der Waals surface area contributed by atoms with Gasteiger partial charge in [0, 0.05) is 29.6 Å². The summed E-state index contributed by atoms with van der Waals surface area (Å²) in [6.07, 6.45) is 8.19. The van der Waals surface area contributed by atoms with Gasteiger partial charge >= 0.3 is 0 Å². The molecule has 1 aromatic carbocycles. The van der Waals surface area contributed by atoms with E-state index in [4.69, 9.17) is 12.2 Å². The zero-order valence-corrected chi connectivity index (χ0v) is 17.0. The van der Waals surface area contributed by atoms with E-state index in [0.717, 1.165) is 28.8 Å². The van der Waals surface area contributed by atoms with Gasteiger partial charge in [0.1, 0.15) is 0 Å². The first-order chi connectivity index (χ1) is 11.9. The molecule has 0 spiro atoms. The summed E-state index contributed by atoms with van der Waals surface area (Å²) in [7, 11) is -3.35. The maximum Gasteiger partial charge on any atom is 0.214 e. The van der Waals surface area contributed by atoms with Crippen LogP contribution in [0.2, 0.25) is 0 Å². The van der Waals surface area contributed by atoms with Crippen LogP contribution in [0.5, 0.6) is 0 Å². The van der Waals surface area contributed by atoms with Crippen molar-refractivity contribution in [3.63, 3.8) is 0 Å². The maximum absolute atomic E-state index is 12.9. The van der Waals surface area contributed by atoms with Crippen molar-refractivity contribution < 1.29 is 8.42 Å². The third kappa shape index (κ3) is 6.37. The summed E-state index contributed by atoms with van der Waals surface area (Å²) in [4.78, 5) is 0.912. The summed E-state index contributed by atoms with van der Waals surface area (Å²) in [6.45, 7) is 2.29. The van der Waals surface area contributed by atoms with Crippen LogP contribution in [0.3, 0.4) is 0 Å². The lowest BCUT2D eigenvalue weighted by Gasteiger charge is -2.27. The van der Waals surface area contributed by atoms with Gasteiger partial charge in [-0.25, -0.2) is 8.42 Å². The van der Waals surface area contributed by atoms with Gasteiger partial charge in [-0.15, -0.1) is 0 Å². The predicted molar refractivity (Wildman–Crippen MR) is 113 cm³/mol. The molecule has 3 nitrogen and oxygen atoms in total. The van der Waals surface area contributed by atoms with Crippen LogP contribution in [0.1, 0.15) is 31.7 Å². The quantitative estimate of drug-likeness (QED) is 0.504. The SMILES string of the molecule is C[C@H](CS)N(Cc1ccccc1)S(=O)(=O)CCCC1=CC(=S)CC=C1. The van der Waals surface area contributed by atoms with E-state index in [0.29, 0.717) is 18.7 Å². The summed E-state index contributed by atoms with van der Waals surface area (Å²) >= 11 is 9.51. The molecule has 0 aliphatic heterocycles. The van der Waals surface area contributed by atoms with E-state index in [1.807, 2.05) is 55.5 Å². The van der Waals surface area contributed by atoms with Crippen LogP contribution in [0, 0.1) is 0 Å². The van der Waals surface area contributed by atoms with E-state index in [9.17, 15) is 8.42 Å². The van der Waals surface area contributed by atoms with Gasteiger partial charge in [-0.3, -0.25) is 0 Å². The Balaban J connectivity index is 2.02. The summed E-state index contributed by atoms with van der Waals surface area (Å²) < 4.78 is 27.3. The summed E-state index contributed by atoms with van der Waals surface area (Å²) in [5.74, 6) is 0.629. The third-order valence-corrected chi connectivity index (χ3v) is 6.98. The number of hydrogen-bond acceptors (Lipinski definition) is 4. The summed E-state index contributed by atoms with van der Waals surface area (Å²) in [6, 6.07) is 9.54. The second kappa shape index (κ2) is 9.67. The molecule has 0 N–H and O–H groups in total. The van der Waals surface area contributed by atoms with Gasteiger partial charge in [0.2, 0.25) is 10.0 Å². The van der Waals surface area contributed by atoms with E-state index in [1.54, 1.807) is 4.31 Å². The van der Waals surface area contributed by atoms with Crippen molar-refractivity contribution in [3.8, 4) is 0 Å². The van der Waals surface area contributed by atoms with Gasteiger partial charge in [-0.05, 0) is 37.0 Å². The topological polar surface area (TPSA) is 37.4 Å². The fourth-order valence-corrected chi connectivity index (χ4v) is 5.02. The molecule has 0 heterocycles. The minimum Gasteiger partial charge on any atom is -0.212 e. The van der Waals surface area contributed by atoms with Crippen LogP contribution in [-0.4, -0.2) is 35.1 Å². The first-order valence-electron chi connectivity index (χ1n) is 8.46. The molecule has 0 unspecified atom stereocenters. The van der Waals surface area contributed by atoms with Crippen LogP contribution >= 0.6 is 24.8 Å². The normalized spacial score (nSPS) is 16.1. The highest BCUT2D eigenvalue weighted by atomic mass is 32.2. The van der Waals surface area contributed by atoms with Gasteiger partial charge in [0.05, 0.1) is 5.75 Å². The van der Waals surface area contributed by atoms with Gasteiger partial charge in [-0.1, -0.05) is 54.7 Å². The highest BCUT2D eigenvalue weighted by Gasteiger charge is 2.26. The minimum absolute atomic E-state index is 0.135. The predicted octanol–water partition coefficient (Wildman–Crippen LogP) is 4.17. The van der Waals surface area contributed by atoms with E-state index in [1.165, 1.54) is 0 Å². The molecular weight excluding hydrogens is 370 g/mol. The monoisotopic (exact) mass is 395 g/mol. The average Bonchev–Trinajstić information content (AvgIpc) is 2.60. The van der Waals surface area contributed by atoms with Crippen LogP contribution < -0.4 is 0 Å². The fraction of sp³-hybridized carbons (Fsp3) is 0.421. The summed E-state index contributed by atoms with van der Waals surface area (Å²) in [5, 5.41) is 0. The number of thiol groups is 1. The van der Waals surface area contributed by atoms with Crippen molar-refractivity contribution in [2.75, 3.05) is 11.5 Å². The Morgan fingerprint density at radius 3 is 2.64 bits per heavy atom. The lowest BCUT2D eigenvalue weighted by atomic mass is 10.0. The lowest BCUT2D eigenvalue weighted by Crippen LogP contribution is -2.40. The van der Waals surface area contributed by atoms with Gasteiger partial charge < -0.3 is 0 Å². The van der Waals surface area contributed by atoms with E-state index in [-0.39, 0.29) is 11.8 Å². The van der Waals surface area contributed by atoms with Crippen molar-refractivity contribution in [1.29, 1.82) is 0 Å². The molecule has 0 saturated heterocycles. The Bertz CT molecular complexity index is 739. The zero-order chi connectivity index (χ0) is 18.3. The molecule has 1 aliphatic rings. The van der Waals surface area contributed by atoms with Crippen LogP contribution in [0.25, 0.3) is 0 Å². The Kier molecular flexibility index (Phi) is 7.87. The molecule has 2 rings (SSSR count). The number of benzene rings is 1. The number of sulfonamides is 1. The molecule has 0 amide bonds. The first-order valence-corrected chi connectivity index (χ1v) is 11.1. The van der Waals surface area contributed by atoms with Crippen molar-refractivity contribution in [3.05, 3.63) is 59.7 Å². The number of hydrogen-bond donors (Lipinski definition) is 1. The standard InChI is InChI=1S/C19H25NO2S3/c1-16(15-23)20(14-18-7-3-2-4-8-18)25(21,22)12-6-10-17-9-5-11-19(24)13-17/h2-5,7-9,13,16,23H,6,10-12,14-15H2,1H3/t16-/m1/s1. The number of nitrogens with zero attached hydrogens (tertiary/aromatic N) is 1. The van der Waals surface area contributed by atoms with Crippen LogP contribution in [0.15, 0.2) is 54.1 Å². The number of allylic oxidation sites excluding steroid dienone is 4. The number of rotatable bonds is 9. The van der Waals surface area contributed by atoms with E-state index in [2.05, 4.69) is 12.6 Å². The molecule has 0 saturated carbocycles. The van der Waals surface area contributed by atoms with Gasteiger partial charge in [0.25, 0.3) is 0 Å². The van der Waals surface area contributed by atoms with Gasteiger partial charge in [0.15, 0.2) is 0 Å². The number of thiocarbonyl (C=S) groups is 1. The lowest BCUT2D eigenvalue weighted by molar-refractivity contribution is 0.352. The van der Waals surface area contributed by atoms with Crippen LogP contribution in [0.4, 0.5) is 0 Å². The highest BCUT2D eigenvalue weighted by molar-refractivity contribution is 7.89. The van der Waals surface area contributed by atoms with E-state index < -0.39 is 10.0 Å². The average molecular weight is 396 g/mol. The van der Waals surface area contributed by atoms with Gasteiger partial charge in [-0.2, -0.15) is 16.9 Å². The highest BCUT2D eigenvalue weighted by Crippen LogP contribution is 2.19. The van der Waals surface area contributed by atoms with Crippen molar-refractivity contribution >= 4 is 39.7 Å². The molecule has 1 aliphatic carbocycles. The third-order valence-electron chi connectivity index (χ3n) is 4.16. The largest absolute Gasteiger partial charge is 0.214 e. The van der Waals surface area contributed by atoms with Crippen molar-refractivity contribution in [2.45, 2.75) is 38.8 Å². The second-order valence-corrected chi connectivity index (χ2v) is 9.20. The van der Waals surface area contributed by atoms with Crippen molar-refractivity contribution in [1.82, 2.24) is 4.31 Å². The zero-order valence-electron chi connectivity index (χ0n) is 14.5. The molecule has 25 heavy (non-hydrogen) atoms. The Hall–Kier alpha value is -0.950. The molecule has 1 aromatic rings. The Morgan fingerprint density at radius 1 is 1.28 bits per heavy atom. The second-order valence-electron chi connectivity index (χ2n) is 6.27. The molecule has 1 atom stereocenters. The Morgan fingerprint density at radius 2 is 2.00 bits per heavy atom. The van der Waals surface area contributed by atoms with Crippen molar-refractivity contribution in [2.24, 2.45) is 0 Å². The summed E-state index contributed by atoms with van der Waals surface area (Å²) in [5.41, 5.74) is 2.10. The maximum atomic E-state index is 12.9. The molecule has 0 fully saturated rings. The smallest absolute Gasteiger partial charge is 0.212 e. The minimum atomic E-state index is -3.35.